The van der Waals surface area contributed by atoms with Gasteiger partial charge in [0.1, 0.15) is 5.75 Å². The number of ketones is 1. The highest BCUT2D eigenvalue weighted by molar-refractivity contribution is 6.00. The van der Waals surface area contributed by atoms with Crippen LogP contribution < -0.4 is 10.1 Å². The van der Waals surface area contributed by atoms with E-state index in [9.17, 15) is 4.79 Å². The minimum absolute atomic E-state index is 0.149. The maximum absolute atomic E-state index is 12.1. The number of rotatable bonds is 4. The fourth-order valence-corrected chi connectivity index (χ4v) is 2.23. The normalized spacial score (nSPS) is 18.4. The Balaban J connectivity index is 1.78. The molecule has 3 rings (SSSR count). The van der Waals surface area contributed by atoms with Gasteiger partial charge in [0.15, 0.2) is 5.78 Å². The van der Waals surface area contributed by atoms with Crippen LogP contribution in [0.5, 0.6) is 5.75 Å². The zero-order valence-electron chi connectivity index (χ0n) is 9.87. The number of ether oxygens (including phenoxy) is 1. The van der Waals surface area contributed by atoms with E-state index in [0.717, 1.165) is 30.8 Å². The lowest BCUT2D eigenvalue weighted by Gasteiger charge is -2.19. The molecule has 1 aliphatic heterocycles. The molecule has 1 aromatic rings. The number of hydrogen-bond acceptors (Lipinski definition) is 3. The van der Waals surface area contributed by atoms with Gasteiger partial charge in [-0.25, -0.2) is 0 Å². The van der Waals surface area contributed by atoms with Gasteiger partial charge in [-0.05, 0) is 37.3 Å². The van der Waals surface area contributed by atoms with Gasteiger partial charge in [-0.1, -0.05) is 12.1 Å². The fraction of sp³-hybridized carbons (Fsp3) is 0.500. The Bertz CT molecular complexity index is 438. The summed E-state index contributed by atoms with van der Waals surface area (Å²) in [4.78, 5) is 12.1. The van der Waals surface area contributed by atoms with E-state index in [4.69, 9.17) is 4.74 Å². The van der Waals surface area contributed by atoms with Gasteiger partial charge in [0.05, 0.1) is 18.7 Å². The standard InChI is InChI=1S/C14H17NO2/c16-13(9-15-11-6-7-11)12-5-1-3-10-4-2-8-17-14(10)12/h1,3,5,11,15H,2,4,6-9H2. The summed E-state index contributed by atoms with van der Waals surface area (Å²) < 4.78 is 5.65. The Morgan fingerprint density at radius 1 is 1.41 bits per heavy atom. The summed E-state index contributed by atoms with van der Waals surface area (Å²) in [7, 11) is 0. The first-order valence-corrected chi connectivity index (χ1v) is 6.36. The quantitative estimate of drug-likeness (QED) is 0.805. The average molecular weight is 231 g/mol. The first kappa shape index (κ1) is 10.8. The number of Topliss-reactive ketones (excluding diaryl/α,β-unsaturated/α-hetero) is 1. The summed E-state index contributed by atoms with van der Waals surface area (Å²) >= 11 is 0. The Labute approximate surface area is 101 Å². The molecule has 17 heavy (non-hydrogen) atoms. The minimum Gasteiger partial charge on any atom is -0.493 e. The van der Waals surface area contributed by atoms with E-state index in [-0.39, 0.29) is 5.78 Å². The predicted octanol–water partition coefficient (Wildman–Crippen LogP) is 1.95. The van der Waals surface area contributed by atoms with E-state index in [0.29, 0.717) is 12.6 Å². The molecule has 1 aromatic carbocycles. The summed E-state index contributed by atoms with van der Waals surface area (Å²) in [6.07, 6.45) is 4.48. The Hall–Kier alpha value is -1.35. The molecule has 2 aliphatic rings. The van der Waals surface area contributed by atoms with E-state index in [1.54, 1.807) is 0 Å². The average Bonchev–Trinajstić information content (AvgIpc) is 3.19. The van der Waals surface area contributed by atoms with Crippen molar-refractivity contribution in [2.24, 2.45) is 0 Å². The van der Waals surface area contributed by atoms with Crippen LogP contribution in [0.4, 0.5) is 0 Å². The molecule has 0 spiro atoms. The van der Waals surface area contributed by atoms with Crippen LogP contribution in [0, 0.1) is 0 Å². The number of hydrogen-bond donors (Lipinski definition) is 1. The molecular formula is C14H17NO2. The van der Waals surface area contributed by atoms with Crippen molar-refractivity contribution in [3.8, 4) is 5.75 Å². The van der Waals surface area contributed by atoms with Gasteiger partial charge < -0.3 is 10.1 Å². The lowest BCUT2D eigenvalue weighted by Crippen LogP contribution is -2.25. The molecule has 0 amide bonds. The molecule has 0 atom stereocenters. The van der Waals surface area contributed by atoms with Gasteiger partial charge >= 0.3 is 0 Å². The number of fused-ring (bicyclic) bond motifs is 1. The van der Waals surface area contributed by atoms with Gasteiger partial charge in [0.2, 0.25) is 0 Å². The summed E-state index contributed by atoms with van der Waals surface area (Å²) in [5, 5.41) is 3.26. The molecule has 3 nitrogen and oxygen atoms in total. The number of para-hydroxylation sites is 1. The maximum atomic E-state index is 12.1. The highest BCUT2D eigenvalue weighted by Gasteiger charge is 2.23. The molecule has 0 bridgehead atoms. The summed E-state index contributed by atoms with van der Waals surface area (Å²) in [6.45, 7) is 1.16. The predicted molar refractivity (Wildman–Crippen MR) is 65.6 cm³/mol. The SMILES string of the molecule is O=C(CNC1CC1)c1cccc2c1OCCC2. The summed E-state index contributed by atoms with van der Waals surface area (Å²) in [5.74, 6) is 0.969. The second-order valence-electron chi connectivity index (χ2n) is 4.82. The maximum Gasteiger partial charge on any atom is 0.180 e. The summed E-state index contributed by atoms with van der Waals surface area (Å²) in [5.41, 5.74) is 1.92. The van der Waals surface area contributed by atoms with Gasteiger partial charge in [0, 0.05) is 6.04 Å². The van der Waals surface area contributed by atoms with E-state index in [2.05, 4.69) is 11.4 Å². The van der Waals surface area contributed by atoms with Crippen molar-refractivity contribution in [2.75, 3.05) is 13.2 Å². The molecular weight excluding hydrogens is 214 g/mol. The number of nitrogens with one attached hydrogen (secondary N) is 1. The third-order valence-corrected chi connectivity index (χ3v) is 3.36. The number of benzene rings is 1. The zero-order valence-corrected chi connectivity index (χ0v) is 9.87. The molecule has 1 aliphatic carbocycles. The van der Waals surface area contributed by atoms with Crippen molar-refractivity contribution in [3.05, 3.63) is 29.3 Å². The van der Waals surface area contributed by atoms with E-state index in [1.165, 1.54) is 18.4 Å². The molecule has 90 valence electrons. The first-order valence-electron chi connectivity index (χ1n) is 6.36. The van der Waals surface area contributed by atoms with Crippen molar-refractivity contribution < 1.29 is 9.53 Å². The van der Waals surface area contributed by atoms with Gasteiger partial charge in [-0.2, -0.15) is 0 Å². The fourth-order valence-electron chi connectivity index (χ4n) is 2.23. The zero-order chi connectivity index (χ0) is 11.7. The number of carbonyl (C=O) groups excluding carboxylic acids is 1. The molecule has 0 radical (unpaired) electrons. The molecule has 0 saturated heterocycles. The van der Waals surface area contributed by atoms with Crippen LogP contribution in [-0.4, -0.2) is 25.0 Å². The molecule has 1 N–H and O–H groups in total. The van der Waals surface area contributed by atoms with Crippen LogP contribution in [0.25, 0.3) is 0 Å². The third kappa shape index (κ3) is 2.34. The number of carbonyl (C=O) groups is 1. The van der Waals surface area contributed by atoms with E-state index < -0.39 is 0 Å². The van der Waals surface area contributed by atoms with Crippen LogP contribution >= 0.6 is 0 Å². The molecule has 1 heterocycles. The highest BCUT2D eigenvalue weighted by Crippen LogP contribution is 2.29. The smallest absolute Gasteiger partial charge is 0.180 e. The Morgan fingerprint density at radius 2 is 2.29 bits per heavy atom. The van der Waals surface area contributed by atoms with Gasteiger partial charge in [-0.15, -0.1) is 0 Å². The van der Waals surface area contributed by atoms with Crippen LogP contribution in [0.2, 0.25) is 0 Å². The van der Waals surface area contributed by atoms with E-state index in [1.807, 2.05) is 12.1 Å². The van der Waals surface area contributed by atoms with Gasteiger partial charge in [-0.3, -0.25) is 4.79 Å². The van der Waals surface area contributed by atoms with Crippen molar-refractivity contribution in [3.63, 3.8) is 0 Å². The molecule has 0 aromatic heterocycles. The van der Waals surface area contributed by atoms with Crippen LogP contribution in [0.3, 0.4) is 0 Å². The molecule has 1 fully saturated rings. The topological polar surface area (TPSA) is 38.3 Å². The van der Waals surface area contributed by atoms with Crippen molar-refractivity contribution in [1.29, 1.82) is 0 Å². The van der Waals surface area contributed by atoms with E-state index >= 15 is 0 Å². The monoisotopic (exact) mass is 231 g/mol. The van der Waals surface area contributed by atoms with Crippen LogP contribution in [0.15, 0.2) is 18.2 Å². The van der Waals surface area contributed by atoms with Crippen molar-refractivity contribution in [2.45, 2.75) is 31.7 Å². The lowest BCUT2D eigenvalue weighted by atomic mass is 10.00. The Kier molecular flexibility index (Phi) is 2.85. The van der Waals surface area contributed by atoms with Crippen LogP contribution in [0.1, 0.15) is 35.2 Å². The van der Waals surface area contributed by atoms with Gasteiger partial charge in [0.25, 0.3) is 0 Å². The second-order valence-corrected chi connectivity index (χ2v) is 4.82. The second kappa shape index (κ2) is 4.49. The van der Waals surface area contributed by atoms with Crippen molar-refractivity contribution >= 4 is 5.78 Å². The first-order chi connectivity index (χ1) is 8.34. The van der Waals surface area contributed by atoms with Crippen LogP contribution in [-0.2, 0) is 6.42 Å². The molecule has 1 saturated carbocycles. The van der Waals surface area contributed by atoms with Crippen molar-refractivity contribution in [1.82, 2.24) is 5.32 Å². The lowest BCUT2D eigenvalue weighted by molar-refractivity contribution is 0.0985. The number of aryl methyl sites for hydroxylation is 1. The highest BCUT2D eigenvalue weighted by atomic mass is 16.5. The largest absolute Gasteiger partial charge is 0.493 e. The Morgan fingerprint density at radius 3 is 3.12 bits per heavy atom. The molecule has 0 unspecified atom stereocenters. The molecule has 3 heteroatoms. The third-order valence-electron chi connectivity index (χ3n) is 3.36. The summed E-state index contributed by atoms with van der Waals surface area (Å²) in [6, 6.07) is 6.46. The minimum atomic E-state index is 0.149.